The first kappa shape index (κ1) is 36.5. The number of amides is 1. The SMILES string of the molecule is CC.CCC1CCN(Cc2ccc(C(=O)NC(CCS(C)(=O)=O)C(=O)O)c(-c3ccccc3C)c2)C1.COc1ccccc1. The molecule has 1 heterocycles. The molecule has 2 N–H and O–H groups in total. The Morgan fingerprint density at radius 3 is 2.23 bits per heavy atom. The smallest absolute Gasteiger partial charge is 0.326 e. The molecule has 1 amide bonds. The molecule has 0 radical (unpaired) electrons. The van der Waals surface area contributed by atoms with Gasteiger partial charge in [0.15, 0.2) is 0 Å². The van der Waals surface area contributed by atoms with E-state index in [1.54, 1.807) is 13.2 Å². The summed E-state index contributed by atoms with van der Waals surface area (Å²) in [6.45, 7) is 11.1. The second-order valence-corrected chi connectivity index (χ2v) is 13.1. The fraction of sp³-hybridized carbons (Fsp3) is 0.429. The number of carbonyl (C=O) groups is 2. The number of aryl methyl sites for hydroxylation is 1. The van der Waals surface area contributed by atoms with E-state index in [0.717, 1.165) is 59.8 Å². The fourth-order valence-electron chi connectivity index (χ4n) is 5.02. The standard InChI is InChI=1S/C26H34N2O5S.C7H8O.C2H6/c1-4-19-11-13-28(16-19)17-20-9-10-22(23(15-20)21-8-6-5-7-18(21)2)25(29)27-24(26(30)31)12-14-34(3,32)33;1-8-7-5-3-2-4-6-7;1-2/h5-10,15,19,24H,4,11-14,16-17H2,1-3H3,(H,27,29)(H,30,31);2-6H,1H3;1-2H3. The van der Waals surface area contributed by atoms with Gasteiger partial charge in [-0.15, -0.1) is 0 Å². The number of carboxylic acid groups (broad SMARTS) is 1. The summed E-state index contributed by atoms with van der Waals surface area (Å²) in [4.78, 5) is 27.3. The molecule has 9 heteroatoms. The van der Waals surface area contributed by atoms with Crippen LogP contribution in [0.15, 0.2) is 72.8 Å². The van der Waals surface area contributed by atoms with Crippen LogP contribution in [0.5, 0.6) is 5.75 Å². The highest BCUT2D eigenvalue weighted by atomic mass is 32.2. The highest BCUT2D eigenvalue weighted by molar-refractivity contribution is 7.90. The number of sulfone groups is 1. The van der Waals surface area contributed by atoms with E-state index in [4.69, 9.17) is 4.74 Å². The Bertz CT molecular complexity index is 1440. The van der Waals surface area contributed by atoms with Crippen molar-refractivity contribution in [1.29, 1.82) is 0 Å². The van der Waals surface area contributed by atoms with Crippen LogP contribution >= 0.6 is 0 Å². The number of aliphatic carboxylic acids is 1. The largest absolute Gasteiger partial charge is 0.497 e. The predicted octanol–water partition coefficient (Wildman–Crippen LogP) is 6.23. The van der Waals surface area contributed by atoms with Gasteiger partial charge < -0.3 is 15.2 Å². The van der Waals surface area contributed by atoms with Gasteiger partial charge >= 0.3 is 5.97 Å². The van der Waals surface area contributed by atoms with Gasteiger partial charge in [0, 0.05) is 24.9 Å². The number of carbonyl (C=O) groups excluding carboxylic acids is 1. The van der Waals surface area contributed by atoms with Gasteiger partial charge in [-0.1, -0.05) is 75.7 Å². The molecule has 2 unspecified atom stereocenters. The Hall–Kier alpha value is -3.69. The van der Waals surface area contributed by atoms with Crippen molar-refractivity contribution in [1.82, 2.24) is 10.2 Å². The molecule has 0 saturated carbocycles. The summed E-state index contributed by atoms with van der Waals surface area (Å²) in [5.74, 6) is -0.473. The Morgan fingerprint density at radius 2 is 1.68 bits per heavy atom. The maximum atomic E-state index is 13.2. The molecular weight excluding hydrogens is 576 g/mol. The second kappa shape index (κ2) is 18.2. The minimum atomic E-state index is -3.35. The van der Waals surface area contributed by atoms with Crippen molar-refractivity contribution in [2.24, 2.45) is 5.92 Å². The van der Waals surface area contributed by atoms with Gasteiger partial charge in [0.25, 0.3) is 5.91 Å². The zero-order chi connectivity index (χ0) is 32.7. The molecule has 3 aromatic carbocycles. The molecule has 1 aliphatic heterocycles. The number of hydrogen-bond donors (Lipinski definition) is 2. The highest BCUT2D eigenvalue weighted by Gasteiger charge is 2.25. The van der Waals surface area contributed by atoms with Crippen molar-refractivity contribution < 1.29 is 27.9 Å². The first-order valence-corrected chi connectivity index (χ1v) is 17.3. The first-order chi connectivity index (χ1) is 21.0. The molecular formula is C35H48N2O6S. The average molecular weight is 625 g/mol. The zero-order valence-electron chi connectivity index (χ0n) is 26.9. The molecule has 1 saturated heterocycles. The molecule has 44 heavy (non-hydrogen) atoms. The minimum Gasteiger partial charge on any atom is -0.497 e. The molecule has 0 bridgehead atoms. The second-order valence-electron chi connectivity index (χ2n) is 10.8. The molecule has 2 atom stereocenters. The lowest BCUT2D eigenvalue weighted by Gasteiger charge is -2.20. The number of para-hydroxylation sites is 1. The van der Waals surface area contributed by atoms with Crippen molar-refractivity contribution in [3.8, 4) is 16.9 Å². The monoisotopic (exact) mass is 624 g/mol. The molecule has 0 aromatic heterocycles. The van der Waals surface area contributed by atoms with Crippen LogP contribution in [0.1, 0.15) is 61.5 Å². The summed E-state index contributed by atoms with van der Waals surface area (Å²) in [5.41, 5.74) is 4.12. The van der Waals surface area contributed by atoms with Crippen molar-refractivity contribution in [2.45, 2.75) is 59.5 Å². The van der Waals surface area contributed by atoms with Crippen molar-refractivity contribution in [3.63, 3.8) is 0 Å². The Kier molecular flexibility index (Phi) is 15.1. The van der Waals surface area contributed by atoms with E-state index in [1.807, 2.05) is 87.5 Å². The molecule has 3 aromatic rings. The van der Waals surface area contributed by atoms with E-state index >= 15 is 0 Å². The van der Waals surface area contributed by atoms with Gasteiger partial charge in [0.2, 0.25) is 0 Å². The van der Waals surface area contributed by atoms with E-state index in [9.17, 15) is 23.1 Å². The molecule has 8 nitrogen and oxygen atoms in total. The lowest BCUT2D eigenvalue weighted by molar-refractivity contribution is -0.139. The summed E-state index contributed by atoms with van der Waals surface area (Å²) in [5, 5.41) is 12.1. The number of likely N-dealkylation sites (tertiary alicyclic amines) is 1. The summed E-state index contributed by atoms with van der Waals surface area (Å²) in [6, 6.07) is 21.8. The minimum absolute atomic E-state index is 0.189. The number of ether oxygens (including phenoxy) is 1. The topological polar surface area (TPSA) is 113 Å². The van der Waals surface area contributed by atoms with Gasteiger partial charge in [0.1, 0.15) is 21.6 Å². The lowest BCUT2D eigenvalue weighted by atomic mass is 9.93. The van der Waals surface area contributed by atoms with Crippen LogP contribution in [0.4, 0.5) is 0 Å². The van der Waals surface area contributed by atoms with Crippen LogP contribution < -0.4 is 10.1 Å². The number of nitrogens with zero attached hydrogens (tertiary/aromatic N) is 1. The van der Waals surface area contributed by atoms with Crippen LogP contribution in [-0.4, -0.2) is 68.6 Å². The number of benzene rings is 3. The molecule has 240 valence electrons. The maximum absolute atomic E-state index is 13.2. The number of methoxy groups -OCH3 is 1. The molecule has 1 fully saturated rings. The maximum Gasteiger partial charge on any atom is 0.326 e. The third-order valence-electron chi connectivity index (χ3n) is 7.48. The molecule has 0 aliphatic carbocycles. The summed E-state index contributed by atoms with van der Waals surface area (Å²) < 4.78 is 27.9. The van der Waals surface area contributed by atoms with Gasteiger partial charge in [-0.2, -0.15) is 0 Å². The molecule has 0 spiro atoms. The quantitative estimate of drug-likeness (QED) is 0.260. The Labute approximate surface area is 263 Å². The number of hydrogen-bond acceptors (Lipinski definition) is 6. The van der Waals surface area contributed by atoms with Crippen LogP contribution in [0, 0.1) is 12.8 Å². The molecule has 4 rings (SSSR count). The number of rotatable bonds is 11. The van der Waals surface area contributed by atoms with Crippen LogP contribution in [0.2, 0.25) is 0 Å². The zero-order valence-corrected chi connectivity index (χ0v) is 27.7. The van der Waals surface area contributed by atoms with Gasteiger partial charge in [-0.05, 0) is 78.7 Å². The normalized spacial score (nSPS) is 15.2. The lowest BCUT2D eigenvalue weighted by Crippen LogP contribution is -2.42. The average Bonchev–Trinajstić information content (AvgIpc) is 3.48. The Balaban J connectivity index is 0.000000577. The van der Waals surface area contributed by atoms with Gasteiger partial charge in [0.05, 0.1) is 12.9 Å². The van der Waals surface area contributed by atoms with Crippen molar-refractivity contribution >= 4 is 21.7 Å². The summed E-state index contributed by atoms with van der Waals surface area (Å²) >= 11 is 0. The summed E-state index contributed by atoms with van der Waals surface area (Å²) in [6.07, 6.45) is 3.23. The van der Waals surface area contributed by atoms with Crippen molar-refractivity contribution in [2.75, 3.05) is 32.2 Å². The fourth-order valence-corrected chi connectivity index (χ4v) is 5.68. The van der Waals surface area contributed by atoms with Crippen LogP contribution in [0.3, 0.4) is 0 Å². The highest BCUT2D eigenvalue weighted by Crippen LogP contribution is 2.30. The van der Waals surface area contributed by atoms with E-state index in [-0.39, 0.29) is 12.2 Å². The number of carboxylic acids is 1. The first-order valence-electron chi connectivity index (χ1n) is 15.2. The molecule has 1 aliphatic rings. The van der Waals surface area contributed by atoms with Crippen LogP contribution in [0.25, 0.3) is 11.1 Å². The van der Waals surface area contributed by atoms with E-state index in [1.165, 1.54) is 12.8 Å². The van der Waals surface area contributed by atoms with Gasteiger partial charge in [-0.3, -0.25) is 9.69 Å². The van der Waals surface area contributed by atoms with Gasteiger partial charge in [-0.25, -0.2) is 13.2 Å². The summed E-state index contributed by atoms with van der Waals surface area (Å²) in [7, 11) is -1.69. The van der Waals surface area contributed by atoms with E-state index < -0.39 is 27.8 Å². The number of nitrogens with one attached hydrogen (secondary N) is 1. The Morgan fingerprint density at radius 1 is 1.02 bits per heavy atom. The van der Waals surface area contributed by atoms with Crippen molar-refractivity contribution in [3.05, 3.63) is 89.5 Å². The third kappa shape index (κ3) is 11.8. The van der Waals surface area contributed by atoms with E-state index in [0.29, 0.717) is 5.56 Å². The van der Waals surface area contributed by atoms with E-state index in [2.05, 4.69) is 17.1 Å². The van der Waals surface area contributed by atoms with Crippen LogP contribution in [-0.2, 0) is 21.2 Å². The third-order valence-corrected chi connectivity index (χ3v) is 8.45. The predicted molar refractivity (Wildman–Crippen MR) is 178 cm³/mol.